The lowest BCUT2D eigenvalue weighted by Crippen LogP contribution is -2.45. The molecule has 5 heteroatoms. The summed E-state index contributed by atoms with van der Waals surface area (Å²) in [7, 11) is 0. The SMILES string of the molecule is C[C@H](NC(=O)C1CCOCC1)C(=O)OC(C)(C)C. The lowest BCUT2D eigenvalue weighted by atomic mass is 9.99. The van der Waals surface area contributed by atoms with Crippen molar-refractivity contribution < 1.29 is 19.1 Å². The van der Waals surface area contributed by atoms with Gasteiger partial charge in [-0.15, -0.1) is 0 Å². The first-order valence-corrected chi connectivity index (χ1v) is 6.40. The van der Waals surface area contributed by atoms with Gasteiger partial charge in [0.25, 0.3) is 0 Å². The van der Waals surface area contributed by atoms with Gasteiger partial charge in [0.2, 0.25) is 5.91 Å². The number of esters is 1. The summed E-state index contributed by atoms with van der Waals surface area (Å²) < 4.78 is 10.4. The highest BCUT2D eigenvalue weighted by atomic mass is 16.6. The fourth-order valence-corrected chi connectivity index (χ4v) is 1.74. The highest BCUT2D eigenvalue weighted by Crippen LogP contribution is 2.15. The first kappa shape index (κ1) is 15.0. The molecule has 0 aromatic carbocycles. The van der Waals surface area contributed by atoms with Gasteiger partial charge in [0.15, 0.2) is 0 Å². The highest BCUT2D eigenvalue weighted by Gasteiger charge is 2.27. The summed E-state index contributed by atoms with van der Waals surface area (Å²) in [6.45, 7) is 8.27. The lowest BCUT2D eigenvalue weighted by molar-refractivity contribution is -0.158. The van der Waals surface area contributed by atoms with Crippen LogP contribution in [0.1, 0.15) is 40.5 Å². The van der Waals surface area contributed by atoms with Crippen LogP contribution in [-0.4, -0.2) is 36.7 Å². The van der Waals surface area contributed by atoms with Gasteiger partial charge < -0.3 is 14.8 Å². The van der Waals surface area contributed by atoms with E-state index in [2.05, 4.69) is 5.32 Å². The van der Waals surface area contributed by atoms with E-state index in [1.54, 1.807) is 27.7 Å². The molecule has 1 fully saturated rings. The molecule has 1 atom stereocenters. The zero-order valence-electron chi connectivity index (χ0n) is 11.6. The van der Waals surface area contributed by atoms with Gasteiger partial charge in [-0.25, -0.2) is 4.79 Å². The Hall–Kier alpha value is -1.10. The molecule has 0 aromatic rings. The summed E-state index contributed by atoms with van der Waals surface area (Å²) in [6.07, 6.45) is 1.43. The minimum Gasteiger partial charge on any atom is -0.458 e. The third kappa shape index (κ3) is 5.04. The average Bonchev–Trinajstić information content (AvgIpc) is 2.27. The maximum Gasteiger partial charge on any atom is 0.328 e. The van der Waals surface area contributed by atoms with Crippen LogP contribution >= 0.6 is 0 Å². The van der Waals surface area contributed by atoms with E-state index in [0.717, 1.165) is 0 Å². The Balaban J connectivity index is 2.41. The Labute approximate surface area is 108 Å². The van der Waals surface area contributed by atoms with Crippen LogP contribution in [0.25, 0.3) is 0 Å². The molecule has 1 aliphatic rings. The zero-order chi connectivity index (χ0) is 13.8. The van der Waals surface area contributed by atoms with Gasteiger partial charge in [-0.05, 0) is 40.5 Å². The Kier molecular flexibility index (Phi) is 5.14. The van der Waals surface area contributed by atoms with Gasteiger partial charge in [0.1, 0.15) is 11.6 Å². The number of carbonyl (C=O) groups is 2. The fourth-order valence-electron chi connectivity index (χ4n) is 1.74. The molecule has 1 N–H and O–H groups in total. The fraction of sp³-hybridized carbons (Fsp3) is 0.846. The van der Waals surface area contributed by atoms with Gasteiger partial charge >= 0.3 is 5.97 Å². The van der Waals surface area contributed by atoms with Crippen LogP contribution in [0.4, 0.5) is 0 Å². The van der Waals surface area contributed by atoms with Crippen LogP contribution in [0.5, 0.6) is 0 Å². The van der Waals surface area contributed by atoms with Gasteiger partial charge in [0, 0.05) is 19.1 Å². The number of ether oxygens (including phenoxy) is 2. The third-order valence-corrected chi connectivity index (χ3v) is 2.71. The molecule has 5 nitrogen and oxygen atoms in total. The normalized spacial score (nSPS) is 19.1. The van der Waals surface area contributed by atoms with E-state index in [1.807, 2.05) is 0 Å². The van der Waals surface area contributed by atoms with Crippen molar-refractivity contribution in [2.45, 2.75) is 52.2 Å². The molecule has 0 aliphatic carbocycles. The second-order valence-corrected chi connectivity index (χ2v) is 5.65. The van der Waals surface area contributed by atoms with Crippen molar-refractivity contribution in [2.24, 2.45) is 5.92 Å². The van der Waals surface area contributed by atoms with Crippen LogP contribution in [-0.2, 0) is 19.1 Å². The van der Waals surface area contributed by atoms with Gasteiger partial charge in [-0.3, -0.25) is 4.79 Å². The summed E-state index contributed by atoms with van der Waals surface area (Å²) in [5.41, 5.74) is -0.533. The largest absolute Gasteiger partial charge is 0.458 e. The number of carbonyl (C=O) groups excluding carboxylic acids is 2. The summed E-state index contributed by atoms with van der Waals surface area (Å²) in [4.78, 5) is 23.6. The predicted octanol–water partition coefficient (Wildman–Crippen LogP) is 1.26. The molecular weight excluding hydrogens is 234 g/mol. The number of nitrogens with one attached hydrogen (secondary N) is 1. The first-order valence-electron chi connectivity index (χ1n) is 6.40. The summed E-state index contributed by atoms with van der Waals surface area (Å²) in [5, 5.41) is 2.70. The minimum atomic E-state index is -0.612. The van der Waals surface area contributed by atoms with Crippen molar-refractivity contribution in [2.75, 3.05) is 13.2 Å². The smallest absolute Gasteiger partial charge is 0.328 e. The van der Waals surface area contributed by atoms with E-state index in [9.17, 15) is 9.59 Å². The number of amides is 1. The molecule has 18 heavy (non-hydrogen) atoms. The maximum atomic E-state index is 11.9. The van der Waals surface area contributed by atoms with Crippen LogP contribution in [0.15, 0.2) is 0 Å². The Bertz CT molecular complexity index is 303. The van der Waals surface area contributed by atoms with Gasteiger partial charge in [0.05, 0.1) is 0 Å². The van der Waals surface area contributed by atoms with E-state index >= 15 is 0 Å². The van der Waals surface area contributed by atoms with Crippen LogP contribution in [0, 0.1) is 5.92 Å². The van der Waals surface area contributed by atoms with Crippen molar-refractivity contribution in [3.8, 4) is 0 Å². The van der Waals surface area contributed by atoms with Gasteiger partial charge in [-0.1, -0.05) is 0 Å². The standard InChI is InChI=1S/C13H23NO4/c1-9(12(16)18-13(2,3)4)14-11(15)10-5-7-17-8-6-10/h9-10H,5-8H2,1-4H3,(H,14,15)/t9-/m0/s1. The molecule has 0 aromatic heterocycles. The quantitative estimate of drug-likeness (QED) is 0.773. The number of rotatable bonds is 3. The molecule has 0 spiro atoms. The molecular formula is C13H23NO4. The third-order valence-electron chi connectivity index (χ3n) is 2.71. The monoisotopic (exact) mass is 257 g/mol. The van der Waals surface area contributed by atoms with Crippen molar-refractivity contribution in [1.29, 1.82) is 0 Å². The van der Waals surface area contributed by atoms with Crippen molar-refractivity contribution in [3.63, 3.8) is 0 Å². The molecule has 0 radical (unpaired) electrons. The lowest BCUT2D eigenvalue weighted by Gasteiger charge is -2.25. The molecule has 0 bridgehead atoms. The Morgan fingerprint density at radius 2 is 1.83 bits per heavy atom. The van der Waals surface area contributed by atoms with Crippen LogP contribution in [0.2, 0.25) is 0 Å². The second-order valence-electron chi connectivity index (χ2n) is 5.65. The molecule has 104 valence electrons. The Morgan fingerprint density at radius 3 is 2.33 bits per heavy atom. The second kappa shape index (κ2) is 6.18. The number of hydrogen-bond acceptors (Lipinski definition) is 4. The minimum absolute atomic E-state index is 0.0522. The maximum absolute atomic E-state index is 11.9. The average molecular weight is 257 g/mol. The summed E-state index contributed by atoms with van der Waals surface area (Å²) >= 11 is 0. The van der Waals surface area contributed by atoms with Gasteiger partial charge in [-0.2, -0.15) is 0 Å². The number of hydrogen-bond donors (Lipinski definition) is 1. The van der Waals surface area contributed by atoms with E-state index in [-0.39, 0.29) is 11.8 Å². The van der Waals surface area contributed by atoms with E-state index in [1.165, 1.54) is 0 Å². The van der Waals surface area contributed by atoms with E-state index in [0.29, 0.717) is 26.1 Å². The van der Waals surface area contributed by atoms with E-state index in [4.69, 9.17) is 9.47 Å². The molecule has 1 aliphatic heterocycles. The molecule has 0 unspecified atom stereocenters. The molecule has 1 rings (SSSR count). The van der Waals surface area contributed by atoms with E-state index < -0.39 is 17.6 Å². The first-order chi connectivity index (χ1) is 8.29. The molecule has 1 amide bonds. The van der Waals surface area contributed by atoms with Crippen molar-refractivity contribution >= 4 is 11.9 Å². The summed E-state index contributed by atoms with van der Waals surface area (Å²) in [6, 6.07) is -0.612. The molecule has 1 saturated heterocycles. The molecule has 1 heterocycles. The van der Waals surface area contributed by atoms with Crippen molar-refractivity contribution in [3.05, 3.63) is 0 Å². The molecule has 0 saturated carbocycles. The zero-order valence-corrected chi connectivity index (χ0v) is 11.6. The topological polar surface area (TPSA) is 64.6 Å². The predicted molar refractivity (Wildman–Crippen MR) is 67.0 cm³/mol. The Morgan fingerprint density at radius 1 is 1.28 bits per heavy atom. The van der Waals surface area contributed by atoms with Crippen LogP contribution in [0.3, 0.4) is 0 Å². The van der Waals surface area contributed by atoms with Crippen LogP contribution < -0.4 is 5.32 Å². The van der Waals surface area contributed by atoms with Crippen molar-refractivity contribution in [1.82, 2.24) is 5.32 Å². The highest BCUT2D eigenvalue weighted by molar-refractivity contribution is 5.85. The summed E-state index contributed by atoms with van der Waals surface area (Å²) in [5.74, 6) is -0.539.